The first-order chi connectivity index (χ1) is 8.59. The molecule has 1 aliphatic rings. The largest absolute Gasteiger partial charge is 0.336 e. The molecular formula is C12H13ClN2O2S. The van der Waals surface area contributed by atoms with Gasteiger partial charge in [0, 0.05) is 18.0 Å². The highest BCUT2D eigenvalue weighted by molar-refractivity contribution is 8.00. The van der Waals surface area contributed by atoms with E-state index in [1.54, 1.807) is 13.0 Å². The van der Waals surface area contributed by atoms with Crippen LogP contribution >= 0.6 is 23.4 Å². The normalized spacial score (nSPS) is 16.6. The lowest BCUT2D eigenvalue weighted by Crippen LogP contribution is -2.38. The van der Waals surface area contributed by atoms with Gasteiger partial charge in [-0.05, 0) is 19.1 Å². The second-order valence-electron chi connectivity index (χ2n) is 3.91. The molecule has 4 nitrogen and oxygen atoms in total. The Morgan fingerprint density at radius 1 is 1.50 bits per heavy atom. The fourth-order valence-corrected chi connectivity index (χ4v) is 2.90. The molecule has 1 aliphatic heterocycles. The van der Waals surface area contributed by atoms with Crippen molar-refractivity contribution in [3.8, 4) is 0 Å². The number of amides is 3. The lowest BCUT2D eigenvalue weighted by molar-refractivity contribution is -0.126. The number of hydrogen-bond donors (Lipinski definition) is 1. The maximum Gasteiger partial charge on any atom is 0.324 e. The van der Waals surface area contributed by atoms with E-state index in [1.165, 1.54) is 16.7 Å². The van der Waals surface area contributed by atoms with Crippen LogP contribution in [0.15, 0.2) is 29.2 Å². The summed E-state index contributed by atoms with van der Waals surface area (Å²) >= 11 is 7.40. The molecule has 96 valence electrons. The fraction of sp³-hybridized carbons (Fsp3) is 0.333. The van der Waals surface area contributed by atoms with Crippen LogP contribution in [-0.2, 0) is 4.79 Å². The average molecular weight is 285 g/mol. The molecule has 1 saturated heterocycles. The van der Waals surface area contributed by atoms with E-state index in [0.717, 1.165) is 4.90 Å². The predicted molar refractivity (Wildman–Crippen MR) is 71.9 cm³/mol. The Kier molecular flexibility index (Phi) is 4.14. The summed E-state index contributed by atoms with van der Waals surface area (Å²) < 4.78 is 0. The Morgan fingerprint density at radius 3 is 2.83 bits per heavy atom. The zero-order valence-corrected chi connectivity index (χ0v) is 11.4. The topological polar surface area (TPSA) is 49.4 Å². The summed E-state index contributed by atoms with van der Waals surface area (Å²) in [4.78, 5) is 25.6. The SMILES string of the molecule is CC(Sc1ccccc1Cl)C(=O)N1CCNC1=O. The van der Waals surface area contributed by atoms with E-state index in [1.807, 2.05) is 18.2 Å². The van der Waals surface area contributed by atoms with E-state index in [4.69, 9.17) is 11.6 Å². The van der Waals surface area contributed by atoms with Crippen LogP contribution in [0.25, 0.3) is 0 Å². The van der Waals surface area contributed by atoms with Gasteiger partial charge in [-0.2, -0.15) is 0 Å². The number of nitrogens with one attached hydrogen (secondary N) is 1. The quantitative estimate of drug-likeness (QED) is 0.867. The number of thioether (sulfide) groups is 1. The summed E-state index contributed by atoms with van der Waals surface area (Å²) in [6, 6.07) is 7.04. The zero-order valence-electron chi connectivity index (χ0n) is 9.85. The molecule has 6 heteroatoms. The van der Waals surface area contributed by atoms with Crippen LogP contribution in [0.5, 0.6) is 0 Å². The van der Waals surface area contributed by atoms with Gasteiger partial charge < -0.3 is 5.32 Å². The molecule has 1 fully saturated rings. The molecule has 1 N–H and O–H groups in total. The lowest BCUT2D eigenvalue weighted by atomic mass is 10.4. The zero-order chi connectivity index (χ0) is 13.1. The second-order valence-corrected chi connectivity index (χ2v) is 5.70. The van der Waals surface area contributed by atoms with Crippen LogP contribution in [0.3, 0.4) is 0 Å². The summed E-state index contributed by atoms with van der Waals surface area (Å²) in [7, 11) is 0. The summed E-state index contributed by atoms with van der Waals surface area (Å²) in [6.45, 7) is 2.74. The number of nitrogens with zero attached hydrogens (tertiary/aromatic N) is 1. The molecule has 0 spiro atoms. The standard InChI is InChI=1S/C12H13ClN2O2S/c1-8(11(16)15-7-6-14-12(15)17)18-10-5-3-2-4-9(10)13/h2-5,8H,6-7H2,1H3,(H,14,17). The molecule has 18 heavy (non-hydrogen) atoms. The minimum absolute atomic E-state index is 0.185. The van der Waals surface area contributed by atoms with Crippen LogP contribution in [0.1, 0.15) is 6.92 Å². The molecule has 0 saturated carbocycles. The highest BCUT2D eigenvalue weighted by Crippen LogP contribution is 2.30. The van der Waals surface area contributed by atoms with Gasteiger partial charge in [-0.15, -0.1) is 11.8 Å². The third kappa shape index (κ3) is 2.79. The minimum Gasteiger partial charge on any atom is -0.336 e. The third-order valence-electron chi connectivity index (χ3n) is 2.61. The highest BCUT2D eigenvalue weighted by Gasteiger charge is 2.30. The summed E-state index contributed by atoms with van der Waals surface area (Å²) in [5, 5.41) is 2.89. The summed E-state index contributed by atoms with van der Waals surface area (Å²) in [5.41, 5.74) is 0. The van der Waals surface area contributed by atoms with E-state index >= 15 is 0 Å². The monoisotopic (exact) mass is 284 g/mol. The van der Waals surface area contributed by atoms with Gasteiger partial charge in [-0.25, -0.2) is 4.79 Å². The van der Waals surface area contributed by atoms with Gasteiger partial charge in [0.1, 0.15) is 0 Å². The van der Waals surface area contributed by atoms with Gasteiger partial charge in [-0.3, -0.25) is 9.69 Å². The molecule has 0 aromatic heterocycles. The summed E-state index contributed by atoms with van der Waals surface area (Å²) in [6.07, 6.45) is 0. The van der Waals surface area contributed by atoms with Crippen LogP contribution in [-0.4, -0.2) is 35.2 Å². The Morgan fingerprint density at radius 2 is 2.22 bits per heavy atom. The van der Waals surface area contributed by atoms with Crippen LogP contribution in [0.2, 0.25) is 5.02 Å². The number of carbonyl (C=O) groups excluding carboxylic acids is 2. The number of imide groups is 1. The number of urea groups is 1. The maximum absolute atomic E-state index is 12.1. The van der Waals surface area contributed by atoms with Crippen molar-refractivity contribution in [1.29, 1.82) is 0 Å². The molecule has 0 aliphatic carbocycles. The van der Waals surface area contributed by atoms with Crippen molar-refractivity contribution >= 4 is 35.3 Å². The van der Waals surface area contributed by atoms with E-state index in [2.05, 4.69) is 5.32 Å². The molecule has 1 atom stereocenters. The summed E-state index contributed by atoms with van der Waals surface area (Å²) in [5.74, 6) is -0.185. The van der Waals surface area contributed by atoms with Crippen molar-refractivity contribution in [2.75, 3.05) is 13.1 Å². The molecule has 1 unspecified atom stereocenters. The van der Waals surface area contributed by atoms with Crippen molar-refractivity contribution in [2.24, 2.45) is 0 Å². The van der Waals surface area contributed by atoms with E-state index in [0.29, 0.717) is 18.1 Å². The molecule has 0 bridgehead atoms. The molecule has 3 amide bonds. The Labute approximate surface area is 115 Å². The van der Waals surface area contributed by atoms with Crippen molar-refractivity contribution in [2.45, 2.75) is 17.1 Å². The van der Waals surface area contributed by atoms with E-state index in [9.17, 15) is 9.59 Å². The third-order valence-corrected chi connectivity index (χ3v) is 4.22. The number of halogens is 1. The number of hydrogen-bond acceptors (Lipinski definition) is 3. The van der Waals surface area contributed by atoms with Crippen molar-refractivity contribution < 1.29 is 9.59 Å². The van der Waals surface area contributed by atoms with Crippen LogP contribution in [0.4, 0.5) is 4.79 Å². The maximum atomic E-state index is 12.1. The van der Waals surface area contributed by atoms with Gasteiger partial charge in [0.2, 0.25) is 5.91 Å². The Bertz CT molecular complexity index is 481. The first-order valence-electron chi connectivity index (χ1n) is 5.60. The van der Waals surface area contributed by atoms with Crippen LogP contribution in [0, 0.1) is 0 Å². The van der Waals surface area contributed by atoms with Gasteiger partial charge >= 0.3 is 6.03 Å². The Hall–Kier alpha value is -1.20. The van der Waals surface area contributed by atoms with Crippen molar-refractivity contribution in [3.63, 3.8) is 0 Å². The molecule has 0 radical (unpaired) electrons. The minimum atomic E-state index is -0.339. The number of rotatable bonds is 3. The van der Waals surface area contributed by atoms with Gasteiger partial charge in [0.05, 0.1) is 10.3 Å². The first kappa shape index (κ1) is 13.2. The molecule has 1 heterocycles. The van der Waals surface area contributed by atoms with Crippen LogP contribution < -0.4 is 5.32 Å². The first-order valence-corrected chi connectivity index (χ1v) is 6.86. The second kappa shape index (κ2) is 5.63. The Balaban J connectivity index is 2.04. The predicted octanol–water partition coefficient (Wildman–Crippen LogP) is 2.37. The van der Waals surface area contributed by atoms with Gasteiger partial charge in [0.15, 0.2) is 0 Å². The molecule has 1 aromatic carbocycles. The van der Waals surface area contributed by atoms with Crippen molar-refractivity contribution in [3.05, 3.63) is 29.3 Å². The lowest BCUT2D eigenvalue weighted by Gasteiger charge is -2.17. The molecule has 1 aromatic rings. The highest BCUT2D eigenvalue weighted by atomic mass is 35.5. The number of carbonyl (C=O) groups is 2. The molecular weight excluding hydrogens is 272 g/mol. The van der Waals surface area contributed by atoms with Gasteiger partial charge in [0.25, 0.3) is 0 Å². The van der Waals surface area contributed by atoms with Gasteiger partial charge in [-0.1, -0.05) is 23.7 Å². The molecule has 2 rings (SSSR count). The van der Waals surface area contributed by atoms with E-state index < -0.39 is 0 Å². The van der Waals surface area contributed by atoms with Crippen molar-refractivity contribution in [1.82, 2.24) is 10.2 Å². The average Bonchev–Trinajstić information content (AvgIpc) is 2.77. The smallest absolute Gasteiger partial charge is 0.324 e. The fourth-order valence-electron chi connectivity index (χ4n) is 1.68. The van der Waals surface area contributed by atoms with E-state index in [-0.39, 0.29) is 17.2 Å². The number of benzene rings is 1.